The maximum Gasteiger partial charge on any atom is 0.166 e. The highest BCUT2D eigenvalue weighted by molar-refractivity contribution is 6.23. The molecule has 182 valence electrons. The van der Waals surface area contributed by atoms with E-state index >= 15 is 0 Å². The normalized spacial score (nSPS) is 10.5. The van der Waals surface area contributed by atoms with Gasteiger partial charge in [0.05, 0.1) is 19.8 Å². The Hall–Kier alpha value is -4.26. The first kappa shape index (κ1) is 25.4. The van der Waals surface area contributed by atoms with Crippen LogP contribution in [0.25, 0.3) is 6.08 Å². The fraction of sp³-hybridized carbons (Fsp3) is 0.214. The fourth-order valence-corrected chi connectivity index (χ4v) is 3.64. The number of carbonyl (C=O) groups is 2. The van der Waals surface area contributed by atoms with E-state index in [0.717, 1.165) is 11.1 Å². The number of methoxy groups -OCH3 is 2. The number of phenolic OH excluding ortho intramolecular Hbond substituents is 3. The lowest BCUT2D eigenvalue weighted by Gasteiger charge is -2.10. The van der Waals surface area contributed by atoms with Gasteiger partial charge in [-0.3, -0.25) is 9.59 Å². The first-order chi connectivity index (χ1) is 16.8. The predicted octanol–water partition coefficient (Wildman–Crippen LogP) is 4.61. The molecular weight excluding hydrogens is 448 g/mol. The number of rotatable bonds is 11. The van der Waals surface area contributed by atoms with E-state index in [0.29, 0.717) is 29.9 Å². The van der Waals surface area contributed by atoms with E-state index < -0.39 is 0 Å². The highest BCUT2D eigenvalue weighted by Gasteiger charge is 2.19. The monoisotopic (exact) mass is 476 g/mol. The number of allylic oxidation sites excluding steroid dienone is 1. The number of ether oxygens (including phenoxy) is 2. The van der Waals surface area contributed by atoms with E-state index in [2.05, 4.69) is 0 Å². The topological polar surface area (TPSA) is 113 Å². The number of ketones is 2. The van der Waals surface area contributed by atoms with Gasteiger partial charge < -0.3 is 24.8 Å². The Morgan fingerprint density at radius 3 is 1.71 bits per heavy atom. The second-order valence-corrected chi connectivity index (χ2v) is 8.01. The van der Waals surface area contributed by atoms with Crippen molar-refractivity contribution in [1.29, 1.82) is 0 Å². The number of aromatic hydroxyl groups is 3. The molecule has 0 radical (unpaired) electrons. The van der Waals surface area contributed by atoms with Crippen molar-refractivity contribution in [3.8, 4) is 28.7 Å². The molecule has 3 aromatic carbocycles. The second-order valence-electron chi connectivity index (χ2n) is 8.01. The summed E-state index contributed by atoms with van der Waals surface area (Å²) in [5.41, 5.74) is 2.16. The van der Waals surface area contributed by atoms with Gasteiger partial charge in [-0.2, -0.15) is 0 Å². The average Bonchev–Trinajstić information content (AvgIpc) is 2.86. The van der Waals surface area contributed by atoms with Crippen LogP contribution in [0.3, 0.4) is 0 Å². The van der Waals surface area contributed by atoms with Crippen molar-refractivity contribution in [2.45, 2.75) is 25.7 Å². The van der Waals surface area contributed by atoms with Gasteiger partial charge in [-0.15, -0.1) is 0 Å². The van der Waals surface area contributed by atoms with E-state index in [9.17, 15) is 24.9 Å². The molecule has 0 fully saturated rings. The summed E-state index contributed by atoms with van der Waals surface area (Å²) in [6, 6.07) is 16.0. The van der Waals surface area contributed by atoms with Crippen molar-refractivity contribution in [3.63, 3.8) is 0 Å². The Morgan fingerprint density at radius 1 is 0.743 bits per heavy atom. The molecule has 0 aliphatic rings. The number of aryl methyl sites for hydroxylation is 2. The summed E-state index contributed by atoms with van der Waals surface area (Å²) in [5, 5.41) is 29.3. The van der Waals surface area contributed by atoms with E-state index in [1.807, 2.05) is 0 Å². The van der Waals surface area contributed by atoms with Crippen LogP contribution in [0.15, 0.2) is 66.2 Å². The van der Waals surface area contributed by atoms with Crippen LogP contribution < -0.4 is 9.47 Å². The van der Waals surface area contributed by atoms with Crippen LogP contribution in [0, 0.1) is 0 Å². The van der Waals surface area contributed by atoms with Gasteiger partial charge in [-0.25, -0.2) is 0 Å². The van der Waals surface area contributed by atoms with Crippen molar-refractivity contribution in [3.05, 3.63) is 82.9 Å². The van der Waals surface area contributed by atoms with Gasteiger partial charge in [0.1, 0.15) is 5.75 Å². The lowest BCUT2D eigenvalue weighted by Crippen LogP contribution is -2.14. The molecule has 0 aromatic heterocycles. The highest BCUT2D eigenvalue weighted by atomic mass is 16.5. The van der Waals surface area contributed by atoms with Crippen LogP contribution in [0.5, 0.6) is 28.7 Å². The van der Waals surface area contributed by atoms with Gasteiger partial charge in [-0.1, -0.05) is 24.3 Å². The number of hydrogen-bond donors (Lipinski definition) is 3. The number of Topliss-reactive ketones (excluding diaryl/α,β-unsaturated/α-hetero) is 2. The molecule has 0 atom stereocenters. The minimum absolute atomic E-state index is 0.00749. The van der Waals surface area contributed by atoms with Crippen LogP contribution in [0.4, 0.5) is 0 Å². The molecule has 3 N–H and O–H groups in total. The van der Waals surface area contributed by atoms with Gasteiger partial charge >= 0.3 is 0 Å². The SMILES string of the molecule is COc1cc(CCC(=O)C(=Cc2cccc(O)c2)C(=O)CCc2ccc(O)c(OC)c2)ccc1O. The summed E-state index contributed by atoms with van der Waals surface area (Å²) in [4.78, 5) is 26.3. The van der Waals surface area contributed by atoms with E-state index in [1.54, 1.807) is 36.4 Å². The number of benzene rings is 3. The maximum atomic E-state index is 13.1. The number of phenols is 3. The van der Waals surface area contributed by atoms with Crippen LogP contribution in [-0.2, 0) is 22.4 Å². The minimum atomic E-state index is -0.325. The lowest BCUT2D eigenvalue weighted by atomic mass is 9.94. The Morgan fingerprint density at radius 2 is 1.26 bits per heavy atom. The van der Waals surface area contributed by atoms with Crippen molar-refractivity contribution >= 4 is 17.6 Å². The zero-order chi connectivity index (χ0) is 25.4. The molecule has 35 heavy (non-hydrogen) atoms. The Balaban J connectivity index is 1.79. The summed E-state index contributed by atoms with van der Waals surface area (Å²) in [5.74, 6) is 0.0191. The van der Waals surface area contributed by atoms with Crippen molar-refractivity contribution in [1.82, 2.24) is 0 Å². The first-order valence-electron chi connectivity index (χ1n) is 11.1. The smallest absolute Gasteiger partial charge is 0.166 e. The summed E-state index contributed by atoms with van der Waals surface area (Å²) < 4.78 is 10.2. The molecule has 3 aromatic rings. The van der Waals surface area contributed by atoms with E-state index in [4.69, 9.17) is 9.47 Å². The molecule has 7 nitrogen and oxygen atoms in total. The molecule has 0 bridgehead atoms. The molecule has 0 heterocycles. The third-order valence-corrected chi connectivity index (χ3v) is 5.55. The molecule has 7 heteroatoms. The zero-order valence-electron chi connectivity index (χ0n) is 19.7. The molecule has 0 aliphatic carbocycles. The van der Waals surface area contributed by atoms with E-state index in [-0.39, 0.29) is 47.2 Å². The quantitative estimate of drug-likeness (QED) is 0.210. The summed E-state index contributed by atoms with van der Waals surface area (Å²) in [6.45, 7) is 0. The predicted molar refractivity (Wildman–Crippen MR) is 132 cm³/mol. The Labute approximate surface area is 203 Å². The molecule has 3 rings (SSSR count). The molecule has 0 amide bonds. The minimum Gasteiger partial charge on any atom is -0.508 e. The molecule has 0 aliphatic heterocycles. The molecular formula is C28H28O7. The van der Waals surface area contributed by atoms with Gasteiger partial charge in [0, 0.05) is 12.8 Å². The first-order valence-corrected chi connectivity index (χ1v) is 11.1. The van der Waals surface area contributed by atoms with Crippen LogP contribution in [0.1, 0.15) is 29.5 Å². The summed E-state index contributed by atoms with van der Waals surface area (Å²) in [6.07, 6.45) is 2.37. The molecule has 0 saturated carbocycles. The fourth-order valence-electron chi connectivity index (χ4n) is 3.64. The van der Waals surface area contributed by atoms with Crippen molar-refractivity contribution in [2.24, 2.45) is 0 Å². The van der Waals surface area contributed by atoms with Gasteiger partial charge in [-0.05, 0) is 72.0 Å². The van der Waals surface area contributed by atoms with Crippen molar-refractivity contribution in [2.75, 3.05) is 14.2 Å². The number of carbonyl (C=O) groups excluding carboxylic acids is 2. The highest BCUT2D eigenvalue weighted by Crippen LogP contribution is 2.28. The number of hydrogen-bond acceptors (Lipinski definition) is 7. The maximum absolute atomic E-state index is 13.1. The van der Waals surface area contributed by atoms with Gasteiger partial charge in [0.15, 0.2) is 34.6 Å². The lowest BCUT2D eigenvalue weighted by molar-refractivity contribution is -0.121. The van der Waals surface area contributed by atoms with Crippen molar-refractivity contribution < 1.29 is 34.4 Å². The molecule has 0 unspecified atom stereocenters. The third-order valence-electron chi connectivity index (χ3n) is 5.55. The van der Waals surface area contributed by atoms with Crippen LogP contribution >= 0.6 is 0 Å². The average molecular weight is 477 g/mol. The van der Waals surface area contributed by atoms with E-state index in [1.165, 1.54) is 44.6 Å². The Bertz CT molecular complexity index is 1170. The Kier molecular flexibility index (Phi) is 8.51. The second kappa shape index (κ2) is 11.7. The standard InChI is InChI=1S/C28H28O7/c1-34-27-16-18(8-12-25(27)32)6-10-23(30)22(15-20-4-3-5-21(29)14-20)24(31)11-7-19-9-13-26(33)28(17-19)35-2/h3-5,8-9,12-17,29,32-33H,6-7,10-11H2,1-2H3. The van der Waals surface area contributed by atoms with Crippen LogP contribution in [-0.4, -0.2) is 41.1 Å². The largest absolute Gasteiger partial charge is 0.508 e. The van der Waals surface area contributed by atoms with Crippen LogP contribution in [0.2, 0.25) is 0 Å². The zero-order valence-corrected chi connectivity index (χ0v) is 19.7. The third kappa shape index (κ3) is 6.86. The van der Waals surface area contributed by atoms with Gasteiger partial charge in [0.2, 0.25) is 0 Å². The summed E-state index contributed by atoms with van der Waals surface area (Å²) >= 11 is 0. The molecule has 0 saturated heterocycles. The molecule has 0 spiro atoms. The van der Waals surface area contributed by atoms with Gasteiger partial charge in [0.25, 0.3) is 0 Å². The summed E-state index contributed by atoms with van der Waals surface area (Å²) in [7, 11) is 2.89.